The molecule has 1 atom stereocenters. The first kappa shape index (κ1) is 31.0. The zero-order valence-electron chi connectivity index (χ0n) is 25.7. The highest BCUT2D eigenvalue weighted by atomic mass is 32.1. The van der Waals surface area contributed by atoms with Gasteiger partial charge in [-0.3, -0.25) is 19.5 Å². The Morgan fingerprint density at radius 3 is 2.50 bits per heavy atom. The van der Waals surface area contributed by atoms with Crippen molar-refractivity contribution in [1.29, 1.82) is 0 Å². The van der Waals surface area contributed by atoms with Gasteiger partial charge in [-0.25, -0.2) is 9.79 Å². The average Bonchev–Trinajstić information content (AvgIpc) is 3.29. The number of fused-ring (bicyclic) bond motifs is 1. The molecule has 1 aromatic heterocycles. The molecule has 5 rings (SSSR count). The number of thiazole rings is 1. The molecular weight excluding hydrogens is 584 g/mol. The number of anilines is 1. The van der Waals surface area contributed by atoms with Crippen molar-refractivity contribution >= 4 is 34.8 Å². The molecule has 2 aromatic carbocycles. The summed E-state index contributed by atoms with van der Waals surface area (Å²) in [5.74, 6) is 0.983. The molecule has 0 aliphatic carbocycles. The number of nitro benzene ring substituents is 1. The predicted molar refractivity (Wildman–Crippen MR) is 168 cm³/mol. The highest BCUT2D eigenvalue weighted by Crippen LogP contribution is 2.38. The Bertz CT molecular complexity index is 1820. The number of ether oxygens (including phenoxy) is 3. The first-order chi connectivity index (χ1) is 21.0. The van der Waals surface area contributed by atoms with Crippen LogP contribution in [-0.2, 0) is 9.53 Å². The Hall–Kier alpha value is -4.45. The Balaban J connectivity index is 1.74. The minimum atomic E-state index is -0.919. The van der Waals surface area contributed by atoms with E-state index >= 15 is 0 Å². The molecule has 0 unspecified atom stereocenters. The Morgan fingerprint density at radius 1 is 1.14 bits per heavy atom. The van der Waals surface area contributed by atoms with Crippen molar-refractivity contribution in [2.24, 2.45) is 10.9 Å². The number of nitro groups is 1. The topological polar surface area (TPSA) is 126 Å². The van der Waals surface area contributed by atoms with Gasteiger partial charge in [0.1, 0.15) is 17.5 Å². The second-order valence-corrected chi connectivity index (χ2v) is 12.3. The number of hydrogen-bond donors (Lipinski definition) is 0. The van der Waals surface area contributed by atoms with E-state index in [0.29, 0.717) is 43.6 Å². The zero-order chi connectivity index (χ0) is 31.7. The summed E-state index contributed by atoms with van der Waals surface area (Å²) in [4.78, 5) is 46.3. The van der Waals surface area contributed by atoms with Crippen LogP contribution >= 0.6 is 11.3 Å². The second kappa shape index (κ2) is 12.7. The molecule has 44 heavy (non-hydrogen) atoms. The lowest BCUT2D eigenvalue weighted by atomic mass is 9.94. The van der Waals surface area contributed by atoms with Crippen LogP contribution in [0.25, 0.3) is 6.08 Å². The van der Waals surface area contributed by atoms with Gasteiger partial charge in [-0.05, 0) is 69.9 Å². The third kappa shape index (κ3) is 5.99. The lowest BCUT2D eigenvalue weighted by Crippen LogP contribution is -2.40. The van der Waals surface area contributed by atoms with Crippen molar-refractivity contribution in [3.05, 3.63) is 88.6 Å². The number of nitrogens with zero attached hydrogens (tertiary/aromatic N) is 4. The molecule has 3 aromatic rings. The van der Waals surface area contributed by atoms with Gasteiger partial charge in [-0.2, -0.15) is 0 Å². The maximum Gasteiger partial charge on any atom is 0.338 e. The summed E-state index contributed by atoms with van der Waals surface area (Å²) in [6.07, 6.45) is 3.31. The van der Waals surface area contributed by atoms with Gasteiger partial charge in [0, 0.05) is 42.0 Å². The fourth-order valence-electron chi connectivity index (χ4n) is 5.66. The second-order valence-electron chi connectivity index (χ2n) is 11.3. The van der Waals surface area contributed by atoms with E-state index < -0.39 is 28.6 Å². The first-order valence-electron chi connectivity index (χ1n) is 14.5. The van der Waals surface area contributed by atoms with Gasteiger partial charge in [-0.15, -0.1) is 0 Å². The highest BCUT2D eigenvalue weighted by Gasteiger charge is 2.36. The summed E-state index contributed by atoms with van der Waals surface area (Å²) in [7, 11) is 3.05. The van der Waals surface area contributed by atoms with Gasteiger partial charge in [0.25, 0.3) is 11.2 Å². The van der Waals surface area contributed by atoms with E-state index in [2.05, 4.69) is 16.8 Å². The third-order valence-corrected chi connectivity index (χ3v) is 8.93. The Morgan fingerprint density at radius 2 is 1.86 bits per heavy atom. The van der Waals surface area contributed by atoms with Crippen molar-refractivity contribution in [2.45, 2.75) is 52.7 Å². The van der Waals surface area contributed by atoms with Crippen LogP contribution in [0.2, 0.25) is 0 Å². The summed E-state index contributed by atoms with van der Waals surface area (Å²) in [6, 6.07) is 9.03. The predicted octanol–water partition coefficient (Wildman–Crippen LogP) is 4.35. The molecule has 12 heteroatoms. The number of rotatable bonds is 8. The quantitative estimate of drug-likeness (QED) is 0.207. The fourth-order valence-corrected chi connectivity index (χ4v) is 6.69. The molecule has 0 spiro atoms. The van der Waals surface area contributed by atoms with Gasteiger partial charge < -0.3 is 19.1 Å². The monoisotopic (exact) mass is 620 g/mol. The van der Waals surface area contributed by atoms with Crippen LogP contribution < -0.4 is 29.3 Å². The third-order valence-electron chi connectivity index (χ3n) is 7.95. The van der Waals surface area contributed by atoms with Crippen LogP contribution in [0.1, 0.15) is 57.7 Å². The van der Waals surface area contributed by atoms with E-state index in [-0.39, 0.29) is 11.3 Å². The molecule has 0 N–H and O–H groups in total. The largest absolute Gasteiger partial charge is 0.497 e. The number of carbonyl (C=O) groups is 1. The number of piperidine rings is 1. The molecule has 11 nitrogen and oxygen atoms in total. The van der Waals surface area contributed by atoms with Crippen LogP contribution in [0.3, 0.4) is 0 Å². The molecule has 2 aliphatic rings. The smallest absolute Gasteiger partial charge is 0.338 e. The molecule has 1 saturated heterocycles. The molecule has 0 saturated carbocycles. The van der Waals surface area contributed by atoms with Crippen LogP contribution in [0.15, 0.2) is 57.5 Å². The van der Waals surface area contributed by atoms with Gasteiger partial charge in [0.05, 0.1) is 41.0 Å². The fraction of sp³-hybridized carbons (Fsp3) is 0.406. The number of allylic oxidation sites excluding steroid dienone is 1. The highest BCUT2D eigenvalue weighted by molar-refractivity contribution is 7.07. The molecular formula is C32H36N4O7S. The molecule has 3 heterocycles. The number of methoxy groups -OCH3 is 2. The first-order valence-corrected chi connectivity index (χ1v) is 15.3. The molecule has 0 amide bonds. The summed E-state index contributed by atoms with van der Waals surface area (Å²) < 4.78 is 18.6. The van der Waals surface area contributed by atoms with E-state index in [1.165, 1.54) is 30.9 Å². The van der Waals surface area contributed by atoms with Crippen molar-refractivity contribution in [3.63, 3.8) is 0 Å². The lowest BCUT2D eigenvalue weighted by Gasteiger charge is -2.33. The standard InChI is InChI=1S/C32H36N4O7S/c1-18(2)43-31(38)28-20(4)33-32-35(29(28)24-17-23(41-5)8-10-26(24)42-6)30(37)27(44-32)16-21-15-22(36(39)40)7-9-25(21)34-13-11-19(3)12-14-34/h7-10,15-19,29H,11-14H2,1-6H3/b27-16-/t29-/m0/s1. The number of aromatic nitrogens is 1. The summed E-state index contributed by atoms with van der Waals surface area (Å²) >= 11 is 1.16. The molecule has 2 aliphatic heterocycles. The maximum absolute atomic E-state index is 14.3. The lowest BCUT2D eigenvalue weighted by molar-refractivity contribution is -0.384. The van der Waals surface area contributed by atoms with Gasteiger partial charge in [0.15, 0.2) is 4.80 Å². The molecule has 0 radical (unpaired) electrons. The van der Waals surface area contributed by atoms with Crippen molar-refractivity contribution in [2.75, 3.05) is 32.2 Å². The van der Waals surface area contributed by atoms with Crippen molar-refractivity contribution in [3.8, 4) is 11.5 Å². The van der Waals surface area contributed by atoms with Crippen LogP contribution in [-0.4, -0.2) is 48.9 Å². The van der Waals surface area contributed by atoms with Crippen LogP contribution in [0, 0.1) is 16.0 Å². The number of benzene rings is 2. The number of hydrogen-bond acceptors (Lipinski definition) is 10. The Kier molecular flexibility index (Phi) is 8.91. The number of esters is 1. The Labute approximate surface area is 258 Å². The van der Waals surface area contributed by atoms with Gasteiger partial charge in [-0.1, -0.05) is 18.3 Å². The van der Waals surface area contributed by atoms with Crippen LogP contribution in [0.4, 0.5) is 11.4 Å². The van der Waals surface area contributed by atoms with Crippen molar-refractivity contribution in [1.82, 2.24) is 4.57 Å². The maximum atomic E-state index is 14.3. The van der Waals surface area contributed by atoms with Gasteiger partial charge >= 0.3 is 5.97 Å². The van der Waals surface area contributed by atoms with E-state index in [0.717, 1.165) is 43.0 Å². The SMILES string of the molecule is COc1ccc(OC)c([C@H]2C(C(=O)OC(C)C)=C(C)N=c3s/c(=C\c4cc([N+](=O)[O-])ccc4N4CCC(C)CC4)c(=O)n32)c1. The van der Waals surface area contributed by atoms with E-state index in [4.69, 9.17) is 14.2 Å². The average molecular weight is 621 g/mol. The van der Waals surface area contributed by atoms with E-state index in [1.54, 1.807) is 51.1 Å². The number of carbonyl (C=O) groups excluding carboxylic acids is 1. The number of non-ortho nitro benzene ring substituents is 1. The molecule has 232 valence electrons. The minimum absolute atomic E-state index is 0.0632. The summed E-state index contributed by atoms with van der Waals surface area (Å²) in [5.41, 5.74) is 2.10. The van der Waals surface area contributed by atoms with Crippen LogP contribution in [0.5, 0.6) is 11.5 Å². The van der Waals surface area contributed by atoms with E-state index in [1.807, 2.05) is 0 Å². The molecule has 1 fully saturated rings. The normalized spacial score (nSPS) is 17.4. The van der Waals surface area contributed by atoms with Crippen molar-refractivity contribution < 1.29 is 23.9 Å². The van der Waals surface area contributed by atoms with E-state index in [9.17, 15) is 19.7 Å². The summed E-state index contributed by atoms with van der Waals surface area (Å²) in [6.45, 7) is 9.07. The zero-order valence-corrected chi connectivity index (χ0v) is 26.5. The minimum Gasteiger partial charge on any atom is -0.497 e. The summed E-state index contributed by atoms with van der Waals surface area (Å²) in [5, 5.41) is 11.7. The molecule has 0 bridgehead atoms. The van der Waals surface area contributed by atoms with Gasteiger partial charge in [0.2, 0.25) is 0 Å².